The third kappa shape index (κ3) is 5.46. The first kappa shape index (κ1) is 21.5. The summed E-state index contributed by atoms with van der Waals surface area (Å²) in [6.07, 6.45) is 2.95. The molecule has 0 aliphatic heterocycles. The Bertz CT molecular complexity index is 1140. The second-order valence-electron chi connectivity index (χ2n) is 6.67. The molecular formula is C24H21N3O4. The minimum Gasteiger partial charge on any atom is -0.481 e. The largest absolute Gasteiger partial charge is 0.481 e. The molecule has 0 fully saturated rings. The van der Waals surface area contributed by atoms with Gasteiger partial charge in [0.1, 0.15) is 11.6 Å². The van der Waals surface area contributed by atoms with Crippen LogP contribution in [0.3, 0.4) is 0 Å². The van der Waals surface area contributed by atoms with Crippen molar-refractivity contribution in [1.82, 2.24) is 9.78 Å². The minimum absolute atomic E-state index is 0.0970. The number of rotatable bonds is 8. The van der Waals surface area contributed by atoms with Crippen LogP contribution in [0, 0.1) is 11.3 Å². The average molecular weight is 415 g/mol. The van der Waals surface area contributed by atoms with Crippen LogP contribution in [-0.4, -0.2) is 33.4 Å². The maximum absolute atomic E-state index is 12.0. The number of esters is 1. The van der Waals surface area contributed by atoms with E-state index in [0.717, 1.165) is 16.7 Å². The van der Waals surface area contributed by atoms with Crippen LogP contribution >= 0.6 is 0 Å². The number of hydrogen-bond acceptors (Lipinski definition) is 5. The predicted molar refractivity (Wildman–Crippen MR) is 116 cm³/mol. The van der Waals surface area contributed by atoms with Crippen LogP contribution in [0.2, 0.25) is 0 Å². The minimum atomic E-state index is -0.939. The van der Waals surface area contributed by atoms with Gasteiger partial charge in [-0.05, 0) is 24.1 Å². The van der Waals surface area contributed by atoms with Gasteiger partial charge >= 0.3 is 11.9 Å². The van der Waals surface area contributed by atoms with Crippen molar-refractivity contribution < 1.29 is 19.4 Å². The van der Waals surface area contributed by atoms with Crippen molar-refractivity contribution in [2.24, 2.45) is 0 Å². The van der Waals surface area contributed by atoms with Crippen molar-refractivity contribution in [3.8, 4) is 28.5 Å². The molecule has 7 nitrogen and oxygen atoms in total. The fourth-order valence-corrected chi connectivity index (χ4v) is 3.04. The molecule has 0 aliphatic rings. The first-order valence-corrected chi connectivity index (χ1v) is 9.76. The number of benzene rings is 2. The molecule has 3 aromatic rings. The van der Waals surface area contributed by atoms with Crippen molar-refractivity contribution in [3.05, 3.63) is 71.9 Å². The number of aryl methyl sites for hydroxylation is 1. The summed E-state index contributed by atoms with van der Waals surface area (Å²) < 4.78 is 6.43. The van der Waals surface area contributed by atoms with Gasteiger partial charge in [0.05, 0.1) is 25.3 Å². The summed E-state index contributed by atoms with van der Waals surface area (Å²) in [7, 11) is 0. The molecule has 0 unspecified atom stereocenters. The molecule has 3 rings (SSSR count). The highest BCUT2D eigenvalue weighted by atomic mass is 16.5. The number of ether oxygens (including phenoxy) is 1. The SMILES string of the molecule is CCOC(=O)C(C#N)=Cc1cn(CCC(=O)O)nc1-c1ccc(-c2ccccc2)cc1. The Hall–Kier alpha value is -4.18. The Labute approximate surface area is 179 Å². The van der Waals surface area contributed by atoms with Crippen molar-refractivity contribution >= 4 is 18.0 Å². The van der Waals surface area contributed by atoms with Crippen LogP contribution in [-0.2, 0) is 20.9 Å². The molecule has 0 radical (unpaired) electrons. The van der Waals surface area contributed by atoms with E-state index in [1.807, 2.05) is 60.7 Å². The fraction of sp³-hybridized carbons (Fsp3) is 0.167. The lowest BCUT2D eigenvalue weighted by atomic mass is 10.0. The molecule has 1 aromatic heterocycles. The molecule has 0 saturated heterocycles. The molecule has 1 heterocycles. The number of hydrogen-bond donors (Lipinski definition) is 1. The van der Waals surface area contributed by atoms with Gasteiger partial charge in [-0.1, -0.05) is 54.6 Å². The van der Waals surface area contributed by atoms with Crippen LogP contribution in [0.5, 0.6) is 0 Å². The molecule has 0 bridgehead atoms. The highest BCUT2D eigenvalue weighted by Gasteiger charge is 2.15. The molecule has 2 aromatic carbocycles. The van der Waals surface area contributed by atoms with Crippen molar-refractivity contribution in [2.45, 2.75) is 19.9 Å². The van der Waals surface area contributed by atoms with E-state index in [4.69, 9.17) is 9.84 Å². The maximum Gasteiger partial charge on any atom is 0.348 e. The molecule has 0 amide bonds. The van der Waals surface area contributed by atoms with Gasteiger partial charge in [-0.25, -0.2) is 4.79 Å². The third-order valence-electron chi connectivity index (χ3n) is 4.53. The van der Waals surface area contributed by atoms with Crippen LogP contribution in [0.1, 0.15) is 18.9 Å². The first-order chi connectivity index (χ1) is 15.0. The lowest BCUT2D eigenvalue weighted by Crippen LogP contribution is -2.06. The van der Waals surface area contributed by atoms with Gasteiger partial charge in [0.25, 0.3) is 0 Å². The molecule has 31 heavy (non-hydrogen) atoms. The van der Waals surface area contributed by atoms with Crippen LogP contribution in [0.4, 0.5) is 0 Å². The number of aliphatic carboxylic acids is 1. The lowest BCUT2D eigenvalue weighted by Gasteiger charge is -2.04. The Morgan fingerprint density at radius 2 is 1.74 bits per heavy atom. The van der Waals surface area contributed by atoms with E-state index in [0.29, 0.717) is 11.3 Å². The van der Waals surface area contributed by atoms with E-state index in [1.54, 1.807) is 13.1 Å². The molecule has 0 aliphatic carbocycles. The van der Waals surface area contributed by atoms with E-state index in [9.17, 15) is 14.9 Å². The van der Waals surface area contributed by atoms with E-state index in [2.05, 4.69) is 5.10 Å². The van der Waals surface area contributed by atoms with Gasteiger partial charge < -0.3 is 9.84 Å². The summed E-state index contributed by atoms with van der Waals surface area (Å²) in [5.41, 5.74) is 3.82. The lowest BCUT2D eigenvalue weighted by molar-refractivity contribution is -0.138. The zero-order chi connectivity index (χ0) is 22.2. The van der Waals surface area contributed by atoms with Crippen LogP contribution in [0.25, 0.3) is 28.5 Å². The summed E-state index contributed by atoms with van der Waals surface area (Å²) in [6.45, 7) is 1.99. The quantitative estimate of drug-likeness (QED) is 0.336. The predicted octanol–water partition coefficient (Wildman–Crippen LogP) is 4.16. The van der Waals surface area contributed by atoms with E-state index >= 15 is 0 Å². The van der Waals surface area contributed by atoms with Crippen molar-refractivity contribution in [3.63, 3.8) is 0 Å². The van der Waals surface area contributed by atoms with Crippen molar-refractivity contribution in [1.29, 1.82) is 5.26 Å². The summed E-state index contributed by atoms with van der Waals surface area (Å²) in [5.74, 6) is -1.65. The summed E-state index contributed by atoms with van der Waals surface area (Å²) in [5, 5.41) is 22.8. The topological polar surface area (TPSA) is 105 Å². The Kier molecular flexibility index (Phi) is 6.97. The number of aromatic nitrogens is 2. The zero-order valence-corrected chi connectivity index (χ0v) is 17.0. The van der Waals surface area contributed by atoms with E-state index < -0.39 is 11.9 Å². The fourth-order valence-electron chi connectivity index (χ4n) is 3.04. The van der Waals surface area contributed by atoms with Crippen LogP contribution < -0.4 is 0 Å². The number of carbonyl (C=O) groups is 2. The molecule has 0 atom stereocenters. The highest BCUT2D eigenvalue weighted by Crippen LogP contribution is 2.28. The Morgan fingerprint density at radius 3 is 2.35 bits per heavy atom. The molecule has 0 saturated carbocycles. The number of carboxylic acids is 1. The van der Waals surface area contributed by atoms with E-state index in [-0.39, 0.29) is 25.1 Å². The molecule has 1 N–H and O–H groups in total. The molecule has 7 heteroatoms. The highest BCUT2D eigenvalue weighted by molar-refractivity contribution is 5.98. The average Bonchev–Trinajstić information content (AvgIpc) is 3.19. The summed E-state index contributed by atoms with van der Waals surface area (Å²) in [6, 6.07) is 19.5. The normalized spacial score (nSPS) is 11.0. The van der Waals surface area contributed by atoms with Gasteiger partial charge in [-0.3, -0.25) is 9.48 Å². The molecule has 156 valence electrons. The number of nitriles is 1. The van der Waals surface area contributed by atoms with Gasteiger partial charge in [0.15, 0.2) is 0 Å². The zero-order valence-electron chi connectivity index (χ0n) is 17.0. The summed E-state index contributed by atoms with van der Waals surface area (Å²) in [4.78, 5) is 23.0. The smallest absolute Gasteiger partial charge is 0.348 e. The van der Waals surface area contributed by atoms with Gasteiger partial charge in [-0.2, -0.15) is 10.4 Å². The van der Waals surface area contributed by atoms with Gasteiger partial charge in [-0.15, -0.1) is 0 Å². The standard InChI is InChI=1S/C24H21N3O4/c1-2-31-24(30)20(15-25)14-21-16-27(13-12-22(28)29)26-23(21)19-10-8-18(9-11-19)17-6-4-3-5-7-17/h3-11,14,16H,2,12-13H2,1H3,(H,28,29). The summed E-state index contributed by atoms with van der Waals surface area (Å²) >= 11 is 0. The first-order valence-electron chi connectivity index (χ1n) is 9.76. The number of nitrogens with zero attached hydrogens (tertiary/aromatic N) is 3. The second kappa shape index (κ2) is 10.0. The second-order valence-corrected chi connectivity index (χ2v) is 6.67. The molecule has 0 spiro atoms. The molecular weight excluding hydrogens is 394 g/mol. The third-order valence-corrected chi connectivity index (χ3v) is 4.53. The van der Waals surface area contributed by atoms with Gasteiger partial charge in [0.2, 0.25) is 0 Å². The van der Waals surface area contributed by atoms with Crippen molar-refractivity contribution in [2.75, 3.05) is 6.61 Å². The monoisotopic (exact) mass is 415 g/mol. The maximum atomic E-state index is 12.0. The van der Waals surface area contributed by atoms with E-state index in [1.165, 1.54) is 10.8 Å². The van der Waals surface area contributed by atoms with Crippen LogP contribution in [0.15, 0.2) is 66.4 Å². The Morgan fingerprint density at radius 1 is 1.10 bits per heavy atom. The van der Waals surface area contributed by atoms with Gasteiger partial charge in [0, 0.05) is 17.3 Å². The number of carboxylic acid groups (broad SMARTS) is 1. The number of carbonyl (C=O) groups excluding carboxylic acids is 1. The Balaban J connectivity index is 2.00.